The summed E-state index contributed by atoms with van der Waals surface area (Å²) >= 11 is 0. The van der Waals surface area contributed by atoms with E-state index in [4.69, 9.17) is 10.5 Å². The van der Waals surface area contributed by atoms with E-state index < -0.39 is 36.5 Å². The monoisotopic (exact) mass is 569 g/mol. The van der Waals surface area contributed by atoms with Crippen molar-refractivity contribution in [2.45, 2.75) is 84.0 Å². The lowest BCUT2D eigenvalue weighted by Gasteiger charge is -2.43. The van der Waals surface area contributed by atoms with Gasteiger partial charge in [-0.1, -0.05) is 26.8 Å². The Morgan fingerprint density at radius 1 is 1.25 bits per heavy atom. The smallest absolute Gasteiger partial charge is 0.232 e. The van der Waals surface area contributed by atoms with Gasteiger partial charge in [-0.15, -0.1) is 0 Å². The number of aliphatic imine (C=N–C) groups is 1. The molecule has 0 aromatic carbocycles. The highest BCUT2D eigenvalue weighted by Gasteiger charge is 2.40. The van der Waals surface area contributed by atoms with E-state index in [9.17, 15) is 9.18 Å². The summed E-state index contributed by atoms with van der Waals surface area (Å²) in [5.41, 5.74) is 7.84. The molecule has 3 aliphatic heterocycles. The number of hydrogen-bond donors (Lipinski definition) is 4. The van der Waals surface area contributed by atoms with E-state index >= 15 is 4.39 Å². The molecule has 3 aliphatic rings. The highest BCUT2D eigenvalue weighted by Crippen LogP contribution is 2.20. The molecule has 230 valence electrons. The van der Waals surface area contributed by atoms with Crippen molar-refractivity contribution in [1.82, 2.24) is 25.8 Å². The van der Waals surface area contributed by atoms with E-state index in [1.807, 2.05) is 19.9 Å². The standard InChI is InChI=1S/C29H53F2N7O2/c1-5-10-38(12-7-6-11-37-13-15-40-16-14-37)27-23(31)18-33-19-25(27)36-29(39)26-21(4)34-17-22(30)8-9-24(20(2)3)35-28(26)32/h9,20,22-23,25-28,33,35H,5-8,10-19,32H2,1-4H3,(H,36,39)/b24-9-,34-21+. The molecule has 0 bridgehead atoms. The molecular formula is C29H53F2N7O2. The number of piperidine rings is 1. The van der Waals surface area contributed by atoms with Gasteiger partial charge in [0.05, 0.1) is 38.0 Å². The van der Waals surface area contributed by atoms with Crippen LogP contribution in [-0.4, -0.2) is 118 Å². The Balaban J connectivity index is 1.70. The maximum absolute atomic E-state index is 15.5. The third-order valence-corrected chi connectivity index (χ3v) is 8.20. The van der Waals surface area contributed by atoms with Crippen LogP contribution in [-0.2, 0) is 9.53 Å². The molecule has 6 atom stereocenters. The second-order valence-electron chi connectivity index (χ2n) is 11.8. The Kier molecular flexibility index (Phi) is 13.7. The summed E-state index contributed by atoms with van der Waals surface area (Å²) < 4.78 is 35.4. The number of allylic oxidation sites excluding steroid dienone is 2. The number of morpholine rings is 1. The quantitative estimate of drug-likeness (QED) is 0.281. The van der Waals surface area contributed by atoms with Crippen LogP contribution in [0.1, 0.15) is 53.4 Å². The number of hydrogen-bond acceptors (Lipinski definition) is 8. The molecule has 9 nitrogen and oxygen atoms in total. The largest absolute Gasteiger partial charge is 0.379 e. The second-order valence-corrected chi connectivity index (χ2v) is 11.8. The fourth-order valence-electron chi connectivity index (χ4n) is 5.96. The van der Waals surface area contributed by atoms with Crippen molar-refractivity contribution >= 4 is 11.6 Å². The second kappa shape index (κ2) is 16.7. The number of rotatable bonds is 11. The predicted molar refractivity (Wildman–Crippen MR) is 157 cm³/mol. The Hall–Kier alpha value is -1.66. The molecule has 0 spiro atoms. The minimum absolute atomic E-state index is 0.0148. The van der Waals surface area contributed by atoms with Crippen LogP contribution in [0.15, 0.2) is 16.8 Å². The molecule has 3 rings (SSSR count). The summed E-state index contributed by atoms with van der Waals surface area (Å²) in [6.07, 6.45) is 1.98. The molecule has 0 aromatic rings. The van der Waals surface area contributed by atoms with Crippen LogP contribution >= 0.6 is 0 Å². The van der Waals surface area contributed by atoms with E-state index in [0.717, 1.165) is 70.9 Å². The first-order valence-corrected chi connectivity index (χ1v) is 15.3. The maximum Gasteiger partial charge on any atom is 0.232 e. The maximum atomic E-state index is 15.5. The Bertz CT molecular complexity index is 837. The first-order chi connectivity index (χ1) is 19.2. The number of nitrogens with zero attached hydrogens (tertiary/aromatic N) is 3. The summed E-state index contributed by atoms with van der Waals surface area (Å²) in [5.74, 6) is -1.01. The molecule has 0 aromatic heterocycles. The van der Waals surface area contributed by atoms with Crippen molar-refractivity contribution in [3.8, 4) is 0 Å². The number of nitrogens with one attached hydrogen (secondary N) is 3. The van der Waals surface area contributed by atoms with Crippen LogP contribution in [0.2, 0.25) is 0 Å². The molecule has 6 unspecified atom stereocenters. The molecule has 2 fully saturated rings. The van der Waals surface area contributed by atoms with Gasteiger partial charge in [-0.3, -0.25) is 19.6 Å². The van der Waals surface area contributed by atoms with Gasteiger partial charge in [0.1, 0.15) is 18.3 Å². The lowest BCUT2D eigenvalue weighted by atomic mass is 9.93. The van der Waals surface area contributed by atoms with Gasteiger partial charge in [0.2, 0.25) is 5.91 Å². The lowest BCUT2D eigenvalue weighted by Crippen LogP contribution is -2.66. The van der Waals surface area contributed by atoms with E-state index in [-0.39, 0.29) is 31.3 Å². The average molecular weight is 570 g/mol. The van der Waals surface area contributed by atoms with Crippen LogP contribution in [0.3, 0.4) is 0 Å². The number of amides is 1. The molecule has 2 saturated heterocycles. The topological polar surface area (TPSA) is 107 Å². The minimum Gasteiger partial charge on any atom is -0.379 e. The summed E-state index contributed by atoms with van der Waals surface area (Å²) in [5, 5.41) is 9.53. The van der Waals surface area contributed by atoms with Crippen LogP contribution in [0, 0.1) is 11.8 Å². The SMILES string of the molecule is CCCN(CCCCN1CCOCC1)C1C(F)CNCC1NC(=O)C1/C(C)=N/CC(F)C/C=C(/C(C)C)NC1N. The van der Waals surface area contributed by atoms with Gasteiger partial charge in [0.25, 0.3) is 0 Å². The highest BCUT2D eigenvalue weighted by atomic mass is 19.1. The Labute approximate surface area is 239 Å². The van der Waals surface area contributed by atoms with E-state index in [1.165, 1.54) is 0 Å². The van der Waals surface area contributed by atoms with Crippen molar-refractivity contribution in [2.24, 2.45) is 22.6 Å². The molecule has 0 aliphatic carbocycles. The van der Waals surface area contributed by atoms with Gasteiger partial charge in [-0.25, -0.2) is 8.78 Å². The fourth-order valence-corrected chi connectivity index (χ4v) is 5.96. The number of alkyl halides is 2. The number of ether oxygens (including phenoxy) is 1. The third-order valence-electron chi connectivity index (χ3n) is 8.20. The zero-order valence-corrected chi connectivity index (χ0v) is 25.0. The molecule has 0 saturated carbocycles. The third kappa shape index (κ3) is 9.72. The Morgan fingerprint density at radius 3 is 2.70 bits per heavy atom. The van der Waals surface area contributed by atoms with Gasteiger partial charge in [0, 0.05) is 44.0 Å². The predicted octanol–water partition coefficient (Wildman–Crippen LogP) is 1.84. The van der Waals surface area contributed by atoms with Crippen LogP contribution in [0.4, 0.5) is 8.78 Å². The summed E-state index contributed by atoms with van der Waals surface area (Å²) in [4.78, 5) is 22.8. The van der Waals surface area contributed by atoms with E-state index in [0.29, 0.717) is 12.3 Å². The minimum atomic E-state index is -1.13. The number of carbonyl (C=O) groups excluding carboxylic acids is 1. The van der Waals surface area contributed by atoms with Gasteiger partial charge in [-0.2, -0.15) is 0 Å². The fraction of sp³-hybridized carbons (Fsp3) is 0.862. The van der Waals surface area contributed by atoms with Crippen LogP contribution < -0.4 is 21.7 Å². The van der Waals surface area contributed by atoms with Gasteiger partial charge < -0.3 is 26.4 Å². The number of nitrogens with two attached hydrogens (primary N) is 1. The van der Waals surface area contributed by atoms with Crippen LogP contribution in [0.25, 0.3) is 0 Å². The number of halogens is 2. The molecule has 5 N–H and O–H groups in total. The van der Waals surface area contributed by atoms with Crippen molar-refractivity contribution in [2.75, 3.05) is 65.6 Å². The summed E-state index contributed by atoms with van der Waals surface area (Å²) in [7, 11) is 0. The molecule has 0 radical (unpaired) electrons. The van der Waals surface area contributed by atoms with Crippen molar-refractivity contribution in [1.29, 1.82) is 0 Å². The summed E-state index contributed by atoms with van der Waals surface area (Å²) in [6.45, 7) is 14.6. The zero-order valence-electron chi connectivity index (χ0n) is 25.0. The molecule has 40 heavy (non-hydrogen) atoms. The average Bonchev–Trinajstić information content (AvgIpc) is 2.92. The first kappa shape index (κ1) is 32.8. The summed E-state index contributed by atoms with van der Waals surface area (Å²) in [6, 6.07) is -0.859. The zero-order chi connectivity index (χ0) is 29.1. The van der Waals surface area contributed by atoms with Crippen molar-refractivity contribution < 1.29 is 18.3 Å². The van der Waals surface area contributed by atoms with Gasteiger partial charge in [0.15, 0.2) is 0 Å². The van der Waals surface area contributed by atoms with E-state index in [2.05, 4.69) is 37.7 Å². The van der Waals surface area contributed by atoms with Crippen molar-refractivity contribution in [3.05, 3.63) is 11.8 Å². The lowest BCUT2D eigenvalue weighted by molar-refractivity contribution is -0.125. The van der Waals surface area contributed by atoms with Crippen molar-refractivity contribution in [3.63, 3.8) is 0 Å². The molecule has 11 heteroatoms. The number of unbranched alkanes of at least 4 members (excludes halogenated alkanes) is 1. The normalized spacial score (nSPS) is 33.5. The van der Waals surface area contributed by atoms with Gasteiger partial charge >= 0.3 is 0 Å². The van der Waals surface area contributed by atoms with E-state index in [1.54, 1.807) is 6.92 Å². The molecular weight excluding hydrogens is 516 g/mol. The Morgan fingerprint density at radius 2 is 2.00 bits per heavy atom. The molecule has 1 amide bonds. The van der Waals surface area contributed by atoms with Crippen LogP contribution in [0.5, 0.6) is 0 Å². The molecule has 3 heterocycles. The first-order valence-electron chi connectivity index (χ1n) is 15.3. The number of carbonyl (C=O) groups is 1. The van der Waals surface area contributed by atoms with Gasteiger partial charge in [-0.05, 0) is 51.7 Å². The highest BCUT2D eigenvalue weighted by molar-refractivity contribution is 6.04.